The summed E-state index contributed by atoms with van der Waals surface area (Å²) in [6.07, 6.45) is 4.93. The van der Waals surface area contributed by atoms with E-state index in [1.54, 1.807) is 53.6 Å². The molecular formula is C28H23N5O3. The number of nitrogen functional groups attached to an aromatic ring is 1. The highest BCUT2D eigenvalue weighted by Crippen LogP contribution is 2.29. The minimum absolute atomic E-state index is 0.0466. The Kier molecular flexibility index (Phi) is 6.42. The third-order valence-corrected chi connectivity index (χ3v) is 5.45. The molecule has 0 aliphatic carbocycles. The van der Waals surface area contributed by atoms with E-state index in [1.807, 2.05) is 54.6 Å². The fourth-order valence-electron chi connectivity index (χ4n) is 3.73. The molecule has 8 nitrogen and oxygen atoms in total. The number of benzene rings is 3. The number of pyridine rings is 1. The molecule has 0 aliphatic heterocycles. The van der Waals surface area contributed by atoms with Gasteiger partial charge in [0.25, 0.3) is 5.91 Å². The van der Waals surface area contributed by atoms with Gasteiger partial charge in [-0.1, -0.05) is 42.5 Å². The second kappa shape index (κ2) is 10.1. The first kappa shape index (κ1) is 22.8. The zero-order valence-electron chi connectivity index (χ0n) is 19.2. The number of hydrogen-bond acceptors (Lipinski definition) is 6. The normalized spacial score (nSPS) is 10.7. The summed E-state index contributed by atoms with van der Waals surface area (Å²) in [5, 5.41) is 16.9. The van der Waals surface area contributed by atoms with E-state index >= 15 is 0 Å². The van der Waals surface area contributed by atoms with Crippen molar-refractivity contribution in [2.24, 2.45) is 0 Å². The summed E-state index contributed by atoms with van der Waals surface area (Å²) >= 11 is 0. The van der Waals surface area contributed by atoms with Crippen LogP contribution in [0.1, 0.15) is 15.9 Å². The van der Waals surface area contributed by atoms with Gasteiger partial charge in [-0.2, -0.15) is 5.10 Å². The fourth-order valence-corrected chi connectivity index (χ4v) is 3.73. The highest BCUT2D eigenvalue weighted by atomic mass is 16.5. The summed E-state index contributed by atoms with van der Waals surface area (Å²) in [6.45, 7) is -0.0466. The molecule has 4 N–H and O–H groups in total. The number of rotatable bonds is 7. The largest absolute Gasteiger partial charge is 0.456 e. The number of nitrogens with two attached hydrogens (primary N) is 1. The van der Waals surface area contributed by atoms with Crippen molar-refractivity contribution in [2.75, 3.05) is 11.1 Å². The van der Waals surface area contributed by atoms with E-state index in [1.165, 1.54) is 0 Å². The first-order chi connectivity index (χ1) is 17.6. The quantitative estimate of drug-likeness (QED) is 0.283. The van der Waals surface area contributed by atoms with E-state index in [-0.39, 0.29) is 12.5 Å². The van der Waals surface area contributed by atoms with Crippen LogP contribution in [0.5, 0.6) is 11.5 Å². The molecule has 3 aromatic carbocycles. The van der Waals surface area contributed by atoms with E-state index in [4.69, 9.17) is 15.6 Å². The van der Waals surface area contributed by atoms with Crippen LogP contribution in [0.3, 0.4) is 0 Å². The molecule has 0 saturated carbocycles. The van der Waals surface area contributed by atoms with Gasteiger partial charge in [0.05, 0.1) is 24.1 Å². The van der Waals surface area contributed by atoms with E-state index in [0.717, 1.165) is 16.8 Å². The van der Waals surface area contributed by atoms with Crippen LogP contribution in [-0.2, 0) is 6.61 Å². The molecule has 5 aromatic rings. The van der Waals surface area contributed by atoms with Gasteiger partial charge in [-0.15, -0.1) is 0 Å². The molecule has 2 aromatic heterocycles. The van der Waals surface area contributed by atoms with Crippen molar-refractivity contribution in [3.8, 4) is 28.4 Å². The van der Waals surface area contributed by atoms with Crippen LogP contribution in [0.4, 0.5) is 11.4 Å². The molecule has 5 rings (SSSR count). The smallest absolute Gasteiger partial charge is 0.259 e. The highest BCUT2D eigenvalue weighted by molar-refractivity contribution is 6.08. The number of aliphatic hydroxyl groups is 1. The molecule has 0 atom stereocenters. The summed E-state index contributed by atoms with van der Waals surface area (Å²) in [5.41, 5.74) is 10.3. The van der Waals surface area contributed by atoms with Crippen LogP contribution < -0.4 is 15.8 Å². The van der Waals surface area contributed by atoms with Gasteiger partial charge in [0.2, 0.25) is 0 Å². The lowest BCUT2D eigenvalue weighted by Gasteiger charge is -2.10. The van der Waals surface area contributed by atoms with Gasteiger partial charge < -0.3 is 20.9 Å². The predicted octanol–water partition coefficient (Wildman–Crippen LogP) is 5.05. The average molecular weight is 478 g/mol. The number of hydrogen-bond donors (Lipinski definition) is 3. The summed E-state index contributed by atoms with van der Waals surface area (Å²) in [5.74, 6) is 0.687. The Morgan fingerprint density at radius 2 is 1.78 bits per heavy atom. The number of anilines is 2. The molecule has 0 bridgehead atoms. The molecule has 0 unspecified atom stereocenters. The Morgan fingerprint density at radius 3 is 2.50 bits per heavy atom. The van der Waals surface area contributed by atoms with E-state index in [9.17, 15) is 9.90 Å². The molecule has 0 spiro atoms. The molecule has 2 heterocycles. The predicted molar refractivity (Wildman–Crippen MR) is 138 cm³/mol. The molecule has 178 valence electrons. The van der Waals surface area contributed by atoms with Crippen LogP contribution in [-0.4, -0.2) is 25.8 Å². The number of nitrogens with one attached hydrogen (secondary N) is 1. The number of ether oxygens (including phenoxy) is 1. The van der Waals surface area contributed by atoms with Crippen molar-refractivity contribution >= 4 is 17.3 Å². The SMILES string of the molecule is Nc1cc(NC(=O)c2cn(-c3ccc(CO)cc3)nc2-c2ccccc2)cc(Oc2cccnc2)c1. The zero-order valence-corrected chi connectivity index (χ0v) is 19.2. The van der Waals surface area contributed by atoms with Crippen molar-refractivity contribution in [2.45, 2.75) is 6.61 Å². The second-order valence-electron chi connectivity index (χ2n) is 8.06. The van der Waals surface area contributed by atoms with Crippen molar-refractivity contribution in [1.29, 1.82) is 0 Å². The van der Waals surface area contributed by atoms with Crippen LogP contribution in [0.25, 0.3) is 16.9 Å². The summed E-state index contributed by atoms with van der Waals surface area (Å²) in [4.78, 5) is 17.5. The minimum atomic E-state index is -0.343. The maximum absolute atomic E-state index is 13.4. The summed E-state index contributed by atoms with van der Waals surface area (Å²) < 4.78 is 7.48. The Balaban J connectivity index is 1.47. The lowest BCUT2D eigenvalue weighted by Crippen LogP contribution is -2.12. The Morgan fingerprint density at radius 1 is 0.972 bits per heavy atom. The van der Waals surface area contributed by atoms with Crippen molar-refractivity contribution in [3.05, 3.63) is 115 Å². The molecule has 1 amide bonds. The van der Waals surface area contributed by atoms with Gasteiger partial charge in [0, 0.05) is 41.5 Å². The number of carbonyl (C=O) groups is 1. The monoisotopic (exact) mass is 477 g/mol. The first-order valence-corrected chi connectivity index (χ1v) is 11.2. The van der Waals surface area contributed by atoms with E-state index in [2.05, 4.69) is 10.3 Å². The van der Waals surface area contributed by atoms with Gasteiger partial charge in [-0.25, -0.2) is 4.68 Å². The minimum Gasteiger partial charge on any atom is -0.456 e. The van der Waals surface area contributed by atoms with Crippen molar-refractivity contribution < 1.29 is 14.6 Å². The summed E-state index contributed by atoms with van der Waals surface area (Å²) in [6, 6.07) is 25.4. The van der Waals surface area contributed by atoms with Gasteiger partial charge in [0.15, 0.2) is 0 Å². The molecule has 0 saturated heterocycles. The Hall–Kier alpha value is -4.95. The molecule has 0 fully saturated rings. The van der Waals surface area contributed by atoms with Crippen LogP contribution in [0.15, 0.2) is 104 Å². The third kappa shape index (κ3) is 5.08. The maximum atomic E-state index is 13.4. The number of carbonyl (C=O) groups excluding carboxylic acids is 1. The van der Waals surface area contributed by atoms with Gasteiger partial charge in [-0.05, 0) is 35.9 Å². The summed E-state index contributed by atoms with van der Waals surface area (Å²) in [7, 11) is 0. The van der Waals surface area contributed by atoms with Gasteiger partial charge in [0.1, 0.15) is 17.2 Å². The first-order valence-electron chi connectivity index (χ1n) is 11.2. The lowest BCUT2D eigenvalue weighted by atomic mass is 10.1. The molecule has 0 radical (unpaired) electrons. The van der Waals surface area contributed by atoms with E-state index in [0.29, 0.717) is 34.1 Å². The maximum Gasteiger partial charge on any atom is 0.259 e. The van der Waals surface area contributed by atoms with Gasteiger partial charge in [-0.3, -0.25) is 9.78 Å². The average Bonchev–Trinajstić information content (AvgIpc) is 3.35. The van der Waals surface area contributed by atoms with Crippen LogP contribution in [0.2, 0.25) is 0 Å². The number of aromatic nitrogens is 3. The standard InChI is InChI=1S/C28H23N5O3/c29-21-13-22(15-25(14-21)36-24-7-4-12-30-16-24)31-28(35)26-17-33(23-10-8-19(18-34)9-11-23)32-27(26)20-5-2-1-3-6-20/h1-17,34H,18,29H2,(H,31,35). The lowest BCUT2D eigenvalue weighted by molar-refractivity contribution is 0.102. The van der Waals surface area contributed by atoms with Crippen molar-refractivity contribution in [1.82, 2.24) is 14.8 Å². The topological polar surface area (TPSA) is 115 Å². The Bertz CT molecular complexity index is 1480. The van der Waals surface area contributed by atoms with Crippen molar-refractivity contribution in [3.63, 3.8) is 0 Å². The zero-order chi connectivity index (χ0) is 24.9. The fraction of sp³-hybridized carbons (Fsp3) is 0.0357. The molecule has 0 aliphatic rings. The molecule has 8 heteroatoms. The highest BCUT2D eigenvalue weighted by Gasteiger charge is 2.19. The van der Waals surface area contributed by atoms with Crippen LogP contribution >= 0.6 is 0 Å². The number of amides is 1. The molecular weight excluding hydrogens is 454 g/mol. The van der Waals surface area contributed by atoms with Crippen LogP contribution in [0, 0.1) is 0 Å². The van der Waals surface area contributed by atoms with Gasteiger partial charge >= 0.3 is 0 Å². The second-order valence-corrected chi connectivity index (χ2v) is 8.06. The van der Waals surface area contributed by atoms with E-state index < -0.39 is 0 Å². The molecule has 36 heavy (non-hydrogen) atoms. The number of nitrogens with zero attached hydrogens (tertiary/aromatic N) is 3. The Labute approximate surface area is 207 Å². The third-order valence-electron chi connectivity index (χ3n) is 5.45. The number of aliphatic hydroxyl groups excluding tert-OH is 1.